The van der Waals surface area contributed by atoms with Crippen LogP contribution in [-0.4, -0.2) is 4.57 Å². The Morgan fingerprint density at radius 1 is 1.18 bits per heavy atom. The van der Waals surface area contributed by atoms with Gasteiger partial charge in [0.1, 0.15) is 0 Å². The zero-order chi connectivity index (χ0) is 12.1. The topological polar surface area (TPSA) is 28.7 Å². The minimum absolute atomic E-state index is 0.518. The van der Waals surface area contributed by atoms with E-state index in [-0.39, 0.29) is 0 Å². The maximum atomic E-state index is 8.63. The number of nitrogens with zero attached hydrogens (tertiary/aromatic N) is 2. The predicted octanol–water partition coefficient (Wildman–Crippen LogP) is 3.46. The van der Waals surface area contributed by atoms with E-state index in [1.54, 1.807) is 0 Å². The van der Waals surface area contributed by atoms with Crippen LogP contribution < -0.4 is 0 Å². The first-order chi connectivity index (χ1) is 8.33. The van der Waals surface area contributed by atoms with Crippen LogP contribution in [0.2, 0.25) is 0 Å². The Bertz CT molecular complexity index is 544. The van der Waals surface area contributed by atoms with Crippen molar-refractivity contribution in [2.45, 2.75) is 13.0 Å². The molecule has 2 heteroatoms. The van der Waals surface area contributed by atoms with E-state index >= 15 is 0 Å². The Balaban J connectivity index is 2.26. The second kappa shape index (κ2) is 5.18. The lowest BCUT2D eigenvalue weighted by Gasteiger charge is -2.10. The zero-order valence-corrected chi connectivity index (χ0v) is 9.63. The van der Waals surface area contributed by atoms with E-state index in [4.69, 9.17) is 5.26 Å². The highest BCUT2D eigenvalue weighted by atomic mass is 15.0. The van der Waals surface area contributed by atoms with Crippen LogP contribution >= 0.6 is 0 Å². The van der Waals surface area contributed by atoms with Crippen LogP contribution in [0.1, 0.15) is 17.7 Å². The number of benzene rings is 1. The van der Waals surface area contributed by atoms with Gasteiger partial charge < -0.3 is 4.57 Å². The maximum absolute atomic E-state index is 8.63. The van der Waals surface area contributed by atoms with Crippen molar-refractivity contribution >= 4 is 5.57 Å². The molecule has 1 aromatic heterocycles. The van der Waals surface area contributed by atoms with Gasteiger partial charge in [-0.05, 0) is 23.3 Å². The molecule has 0 saturated carbocycles. The fraction of sp³-hybridized carbons (Fsp3) is 0.133. The molecule has 17 heavy (non-hydrogen) atoms. The average molecular weight is 222 g/mol. The van der Waals surface area contributed by atoms with Gasteiger partial charge in [-0.2, -0.15) is 5.26 Å². The van der Waals surface area contributed by atoms with Crippen molar-refractivity contribution in [2.24, 2.45) is 0 Å². The molecule has 0 unspecified atom stereocenters. The van der Waals surface area contributed by atoms with Gasteiger partial charge in [-0.15, -0.1) is 0 Å². The molecule has 2 nitrogen and oxygen atoms in total. The molecule has 0 aliphatic heterocycles. The third kappa shape index (κ3) is 2.46. The Hall–Kier alpha value is -2.27. The van der Waals surface area contributed by atoms with Crippen LogP contribution in [0.5, 0.6) is 0 Å². The fourth-order valence-corrected chi connectivity index (χ4v) is 1.84. The van der Waals surface area contributed by atoms with Crippen LogP contribution in [0.25, 0.3) is 5.57 Å². The molecular formula is C15H14N2. The average Bonchev–Trinajstić information content (AvgIpc) is 2.84. The van der Waals surface area contributed by atoms with Crippen molar-refractivity contribution in [3.05, 3.63) is 66.5 Å². The summed E-state index contributed by atoms with van der Waals surface area (Å²) in [6.07, 6.45) is 2.50. The molecule has 0 saturated heterocycles. The largest absolute Gasteiger partial charge is 0.346 e. The molecule has 1 aromatic carbocycles. The van der Waals surface area contributed by atoms with Gasteiger partial charge in [-0.1, -0.05) is 36.9 Å². The van der Waals surface area contributed by atoms with E-state index in [0.29, 0.717) is 13.0 Å². The normalized spacial score (nSPS) is 9.82. The maximum Gasteiger partial charge on any atom is 0.0640 e. The number of aromatic nitrogens is 1. The van der Waals surface area contributed by atoms with Crippen LogP contribution in [-0.2, 0) is 6.54 Å². The summed E-state index contributed by atoms with van der Waals surface area (Å²) in [5.41, 5.74) is 3.18. The molecule has 0 N–H and O–H groups in total. The highest BCUT2D eigenvalue weighted by Crippen LogP contribution is 2.21. The molecular weight excluding hydrogens is 208 g/mol. The Kier molecular flexibility index (Phi) is 3.42. The van der Waals surface area contributed by atoms with E-state index in [2.05, 4.69) is 17.2 Å². The van der Waals surface area contributed by atoms with Gasteiger partial charge in [-0.25, -0.2) is 0 Å². The summed E-state index contributed by atoms with van der Waals surface area (Å²) in [5, 5.41) is 8.63. The molecule has 0 spiro atoms. The molecule has 0 fully saturated rings. The number of hydrogen-bond acceptors (Lipinski definition) is 1. The number of aryl methyl sites for hydroxylation is 1. The summed E-state index contributed by atoms with van der Waals surface area (Å²) < 4.78 is 2.07. The van der Waals surface area contributed by atoms with E-state index in [1.807, 2.05) is 48.7 Å². The molecule has 0 aliphatic carbocycles. The van der Waals surface area contributed by atoms with Crippen molar-refractivity contribution in [2.75, 3.05) is 0 Å². The molecule has 2 rings (SSSR count). The molecule has 1 heterocycles. The Morgan fingerprint density at radius 3 is 2.65 bits per heavy atom. The quantitative estimate of drug-likeness (QED) is 0.778. The van der Waals surface area contributed by atoms with E-state index < -0.39 is 0 Å². The second-order valence-electron chi connectivity index (χ2n) is 3.84. The van der Waals surface area contributed by atoms with Gasteiger partial charge in [0.25, 0.3) is 0 Å². The number of hydrogen-bond donors (Lipinski definition) is 0. The van der Waals surface area contributed by atoms with Crippen molar-refractivity contribution in [3.8, 4) is 6.07 Å². The third-order valence-electron chi connectivity index (χ3n) is 2.73. The van der Waals surface area contributed by atoms with Gasteiger partial charge >= 0.3 is 0 Å². The Morgan fingerprint density at radius 2 is 1.94 bits per heavy atom. The molecule has 0 atom stereocenters. The second-order valence-corrected chi connectivity index (χ2v) is 3.84. The first-order valence-electron chi connectivity index (χ1n) is 5.59. The van der Waals surface area contributed by atoms with Crippen LogP contribution in [0, 0.1) is 11.3 Å². The van der Waals surface area contributed by atoms with Gasteiger partial charge in [0.2, 0.25) is 0 Å². The van der Waals surface area contributed by atoms with Crippen molar-refractivity contribution in [1.29, 1.82) is 5.26 Å². The lowest BCUT2D eigenvalue weighted by molar-refractivity contribution is 0.712. The molecule has 0 aliphatic rings. The summed E-state index contributed by atoms with van der Waals surface area (Å²) in [7, 11) is 0. The molecule has 0 radical (unpaired) electrons. The summed E-state index contributed by atoms with van der Waals surface area (Å²) >= 11 is 0. The first kappa shape index (κ1) is 11.2. The van der Waals surface area contributed by atoms with Crippen molar-refractivity contribution < 1.29 is 0 Å². The van der Waals surface area contributed by atoms with E-state index in [9.17, 15) is 0 Å². The lowest BCUT2D eigenvalue weighted by atomic mass is 10.0. The van der Waals surface area contributed by atoms with Crippen molar-refractivity contribution in [1.82, 2.24) is 4.57 Å². The highest BCUT2D eigenvalue weighted by Gasteiger charge is 2.06. The first-order valence-corrected chi connectivity index (χ1v) is 5.59. The van der Waals surface area contributed by atoms with Gasteiger partial charge in [0.05, 0.1) is 12.5 Å². The van der Waals surface area contributed by atoms with Crippen LogP contribution in [0.4, 0.5) is 0 Å². The molecule has 0 bridgehead atoms. The fourth-order valence-electron chi connectivity index (χ4n) is 1.84. The summed E-state index contributed by atoms with van der Waals surface area (Å²) in [5.74, 6) is 0. The highest BCUT2D eigenvalue weighted by molar-refractivity contribution is 5.76. The van der Waals surface area contributed by atoms with E-state index in [0.717, 1.165) is 16.8 Å². The summed E-state index contributed by atoms with van der Waals surface area (Å²) in [6.45, 7) is 4.85. The zero-order valence-electron chi connectivity index (χ0n) is 9.63. The Labute approximate surface area is 101 Å². The molecule has 2 aromatic rings. The number of nitriles is 1. The van der Waals surface area contributed by atoms with Gasteiger partial charge in [0.15, 0.2) is 0 Å². The summed E-state index contributed by atoms with van der Waals surface area (Å²) in [6, 6.07) is 16.3. The molecule has 0 amide bonds. The van der Waals surface area contributed by atoms with E-state index in [1.165, 1.54) is 0 Å². The van der Waals surface area contributed by atoms with Crippen LogP contribution in [0.3, 0.4) is 0 Å². The standard InChI is InChI=1S/C15H14N2/c1-13(14-7-3-2-4-8-14)15-9-5-11-17(15)12-6-10-16/h2-5,7-9,11H,1,6,12H2. The van der Waals surface area contributed by atoms with Crippen LogP contribution in [0.15, 0.2) is 55.2 Å². The summed E-state index contributed by atoms with van der Waals surface area (Å²) in [4.78, 5) is 0. The van der Waals surface area contributed by atoms with Crippen molar-refractivity contribution in [3.63, 3.8) is 0 Å². The number of rotatable bonds is 4. The smallest absolute Gasteiger partial charge is 0.0640 e. The minimum atomic E-state index is 0.518. The SMILES string of the molecule is C=C(c1ccccc1)c1cccn1CCC#N. The lowest BCUT2D eigenvalue weighted by Crippen LogP contribution is -2.01. The van der Waals surface area contributed by atoms with Gasteiger partial charge in [0, 0.05) is 18.4 Å². The molecule has 84 valence electrons. The van der Waals surface area contributed by atoms with Gasteiger partial charge in [-0.3, -0.25) is 0 Å². The third-order valence-corrected chi connectivity index (χ3v) is 2.73. The predicted molar refractivity (Wildman–Crippen MR) is 69.2 cm³/mol. The monoisotopic (exact) mass is 222 g/mol. The minimum Gasteiger partial charge on any atom is -0.346 e.